The second-order valence-corrected chi connectivity index (χ2v) is 3.26. The highest BCUT2D eigenvalue weighted by atomic mass is 35.5. The van der Waals surface area contributed by atoms with Gasteiger partial charge in [-0.15, -0.1) is 0 Å². The molecule has 2 rings (SSSR count). The quantitative estimate of drug-likeness (QED) is 0.622. The van der Waals surface area contributed by atoms with Gasteiger partial charge in [-0.25, -0.2) is 0 Å². The van der Waals surface area contributed by atoms with Gasteiger partial charge in [0, 0.05) is 23.8 Å². The van der Waals surface area contributed by atoms with Crippen molar-refractivity contribution in [2.24, 2.45) is 0 Å². The van der Waals surface area contributed by atoms with Crippen LogP contribution < -0.4 is 4.90 Å². The number of nitrogens with zero attached hydrogens (tertiary/aromatic N) is 1. The van der Waals surface area contributed by atoms with Gasteiger partial charge in [-0.1, -0.05) is 17.7 Å². The predicted octanol–water partition coefficient (Wildman–Crippen LogP) is 2.55. The van der Waals surface area contributed by atoms with Crippen LogP contribution in [0.3, 0.4) is 0 Å². The third-order valence-corrected chi connectivity index (χ3v) is 2.26. The predicted molar refractivity (Wildman–Crippen MR) is 48.3 cm³/mol. The molecule has 0 amide bonds. The van der Waals surface area contributed by atoms with E-state index >= 15 is 0 Å². The Morgan fingerprint density at radius 3 is 2.64 bits per heavy atom. The first-order valence-corrected chi connectivity index (χ1v) is 4.24. The first kappa shape index (κ1) is 6.99. The van der Waals surface area contributed by atoms with Gasteiger partial charge in [0.2, 0.25) is 0 Å². The van der Waals surface area contributed by atoms with Crippen molar-refractivity contribution in [1.29, 1.82) is 0 Å². The van der Waals surface area contributed by atoms with Crippen molar-refractivity contribution >= 4 is 17.3 Å². The number of rotatable bonds is 1. The van der Waals surface area contributed by atoms with Gasteiger partial charge < -0.3 is 4.90 Å². The van der Waals surface area contributed by atoms with Crippen LogP contribution >= 0.6 is 11.6 Å². The summed E-state index contributed by atoms with van der Waals surface area (Å²) in [6.45, 7) is 2.36. The largest absolute Gasteiger partial charge is 0.371 e. The van der Waals surface area contributed by atoms with E-state index < -0.39 is 0 Å². The normalized spacial score (nSPS) is 16.3. The molecule has 0 aliphatic carbocycles. The summed E-state index contributed by atoms with van der Waals surface area (Å²) in [5.74, 6) is 0. The topological polar surface area (TPSA) is 3.24 Å². The lowest BCUT2D eigenvalue weighted by atomic mass is 10.2. The molecule has 0 bridgehead atoms. The molecular weight excluding hydrogens is 158 g/mol. The van der Waals surface area contributed by atoms with E-state index in [0.717, 1.165) is 5.02 Å². The summed E-state index contributed by atoms with van der Waals surface area (Å²) in [5.41, 5.74) is 1.25. The summed E-state index contributed by atoms with van der Waals surface area (Å²) >= 11 is 5.84. The first-order chi connectivity index (χ1) is 5.36. The lowest BCUT2D eigenvalue weighted by Gasteiger charge is -2.33. The molecular formula is C9H10ClN. The van der Waals surface area contributed by atoms with E-state index in [1.165, 1.54) is 25.2 Å². The van der Waals surface area contributed by atoms with Crippen LogP contribution in [0.25, 0.3) is 0 Å². The van der Waals surface area contributed by atoms with E-state index in [0.29, 0.717) is 0 Å². The Labute approximate surface area is 71.6 Å². The highest BCUT2D eigenvalue weighted by Crippen LogP contribution is 2.23. The third-order valence-electron chi connectivity index (χ3n) is 2.03. The zero-order valence-corrected chi connectivity index (χ0v) is 7.01. The van der Waals surface area contributed by atoms with Crippen LogP contribution in [0.1, 0.15) is 6.42 Å². The van der Waals surface area contributed by atoms with E-state index in [9.17, 15) is 0 Å². The van der Waals surface area contributed by atoms with Gasteiger partial charge in [0.05, 0.1) is 0 Å². The van der Waals surface area contributed by atoms with Crippen LogP contribution in [-0.2, 0) is 0 Å². The molecule has 58 valence electrons. The van der Waals surface area contributed by atoms with Crippen molar-refractivity contribution in [3.8, 4) is 0 Å². The maximum atomic E-state index is 5.84. The van der Waals surface area contributed by atoms with E-state index in [4.69, 9.17) is 11.6 Å². The van der Waals surface area contributed by atoms with Gasteiger partial charge >= 0.3 is 0 Å². The number of hydrogen-bond acceptors (Lipinski definition) is 1. The molecule has 0 atom stereocenters. The molecule has 0 saturated carbocycles. The molecule has 1 saturated heterocycles. The van der Waals surface area contributed by atoms with Crippen LogP contribution in [0.15, 0.2) is 24.3 Å². The van der Waals surface area contributed by atoms with Gasteiger partial charge in [0.25, 0.3) is 0 Å². The summed E-state index contributed by atoms with van der Waals surface area (Å²) in [7, 11) is 0. The van der Waals surface area contributed by atoms with E-state index in [-0.39, 0.29) is 0 Å². The fourth-order valence-electron chi connectivity index (χ4n) is 1.25. The van der Waals surface area contributed by atoms with Crippen molar-refractivity contribution in [3.05, 3.63) is 29.3 Å². The summed E-state index contributed by atoms with van der Waals surface area (Å²) in [5, 5.41) is 0.828. The maximum absolute atomic E-state index is 5.84. The Hall–Kier alpha value is -0.690. The minimum Gasteiger partial charge on any atom is -0.371 e. The van der Waals surface area contributed by atoms with Crippen LogP contribution in [-0.4, -0.2) is 13.1 Å². The van der Waals surface area contributed by atoms with E-state index in [1.807, 2.05) is 18.2 Å². The number of hydrogen-bond donors (Lipinski definition) is 0. The lowest BCUT2D eigenvalue weighted by molar-refractivity contribution is 0.618. The maximum Gasteiger partial charge on any atom is 0.0426 e. The fraction of sp³-hybridized carbons (Fsp3) is 0.333. The second-order valence-electron chi connectivity index (χ2n) is 2.82. The van der Waals surface area contributed by atoms with Crippen molar-refractivity contribution in [3.63, 3.8) is 0 Å². The van der Waals surface area contributed by atoms with Gasteiger partial charge in [-0.05, 0) is 24.6 Å². The molecule has 2 heteroatoms. The second kappa shape index (κ2) is 2.74. The van der Waals surface area contributed by atoms with E-state index in [1.54, 1.807) is 0 Å². The molecule has 1 aliphatic heterocycles. The summed E-state index contributed by atoms with van der Waals surface area (Å²) in [6.07, 6.45) is 1.31. The SMILES string of the molecule is Clc1cccc(N2CCC2)c1. The number of halogens is 1. The highest BCUT2D eigenvalue weighted by molar-refractivity contribution is 6.30. The van der Waals surface area contributed by atoms with Crippen LogP contribution in [0.2, 0.25) is 5.02 Å². The summed E-state index contributed by atoms with van der Waals surface area (Å²) in [6, 6.07) is 8.02. The highest BCUT2D eigenvalue weighted by Gasteiger charge is 2.13. The molecule has 0 N–H and O–H groups in total. The number of benzene rings is 1. The Morgan fingerprint density at radius 2 is 2.09 bits per heavy atom. The minimum atomic E-state index is 0.828. The van der Waals surface area contributed by atoms with Gasteiger partial charge in [0.15, 0.2) is 0 Å². The Bertz CT molecular complexity index is 255. The molecule has 1 nitrogen and oxygen atoms in total. The summed E-state index contributed by atoms with van der Waals surface area (Å²) in [4.78, 5) is 2.33. The molecule has 0 radical (unpaired) electrons. The van der Waals surface area contributed by atoms with Crippen molar-refractivity contribution in [2.45, 2.75) is 6.42 Å². The monoisotopic (exact) mass is 167 g/mol. The molecule has 0 unspecified atom stereocenters. The Morgan fingerprint density at radius 1 is 1.27 bits per heavy atom. The number of anilines is 1. The zero-order chi connectivity index (χ0) is 7.68. The molecule has 0 aromatic heterocycles. The molecule has 11 heavy (non-hydrogen) atoms. The third kappa shape index (κ3) is 1.33. The molecule has 1 aromatic rings. The smallest absolute Gasteiger partial charge is 0.0426 e. The van der Waals surface area contributed by atoms with Crippen molar-refractivity contribution in [2.75, 3.05) is 18.0 Å². The molecule has 1 aromatic carbocycles. The Kier molecular flexibility index (Phi) is 1.74. The molecule has 1 heterocycles. The molecule has 1 fully saturated rings. The lowest BCUT2D eigenvalue weighted by Crippen LogP contribution is -2.36. The van der Waals surface area contributed by atoms with Gasteiger partial charge in [-0.2, -0.15) is 0 Å². The fourth-order valence-corrected chi connectivity index (χ4v) is 1.43. The Balaban J connectivity index is 2.23. The van der Waals surface area contributed by atoms with Crippen LogP contribution in [0, 0.1) is 0 Å². The molecule has 1 aliphatic rings. The standard InChI is InChI=1S/C9H10ClN/c10-8-3-1-4-9(7-8)11-5-2-6-11/h1,3-4,7H,2,5-6H2. The zero-order valence-electron chi connectivity index (χ0n) is 6.26. The van der Waals surface area contributed by atoms with Crippen molar-refractivity contribution in [1.82, 2.24) is 0 Å². The van der Waals surface area contributed by atoms with Crippen molar-refractivity contribution < 1.29 is 0 Å². The average molecular weight is 168 g/mol. The summed E-state index contributed by atoms with van der Waals surface area (Å²) < 4.78 is 0. The van der Waals surface area contributed by atoms with Crippen LogP contribution in [0.5, 0.6) is 0 Å². The first-order valence-electron chi connectivity index (χ1n) is 3.87. The van der Waals surface area contributed by atoms with Crippen LogP contribution in [0.4, 0.5) is 5.69 Å². The van der Waals surface area contributed by atoms with Gasteiger partial charge in [0.1, 0.15) is 0 Å². The minimum absolute atomic E-state index is 0.828. The van der Waals surface area contributed by atoms with Gasteiger partial charge in [-0.3, -0.25) is 0 Å². The average Bonchev–Trinajstić information content (AvgIpc) is 1.83. The van der Waals surface area contributed by atoms with E-state index in [2.05, 4.69) is 11.0 Å². The molecule has 0 spiro atoms.